The number of thiazole rings is 1. The molecule has 6 nitrogen and oxygen atoms in total. The average molecular weight is 376 g/mol. The van der Waals surface area contributed by atoms with Crippen molar-refractivity contribution in [1.29, 1.82) is 0 Å². The third-order valence-corrected chi connectivity index (χ3v) is 6.36. The summed E-state index contributed by atoms with van der Waals surface area (Å²) in [6.45, 7) is 0. The van der Waals surface area contributed by atoms with Crippen LogP contribution in [0.15, 0.2) is 58.4 Å². The first-order valence-corrected chi connectivity index (χ1v) is 9.86. The molecular weight excluding hydrogens is 360 g/mol. The van der Waals surface area contributed by atoms with Crippen molar-refractivity contribution in [2.45, 2.75) is 4.90 Å². The lowest BCUT2D eigenvalue weighted by molar-refractivity contribution is -0.115. The minimum absolute atomic E-state index is 0.115. The van der Waals surface area contributed by atoms with Gasteiger partial charge in [-0.15, -0.1) is 0 Å². The molecule has 1 aromatic heterocycles. The Hall–Kier alpha value is -2.45. The van der Waals surface area contributed by atoms with Crippen molar-refractivity contribution in [1.82, 2.24) is 4.57 Å². The summed E-state index contributed by atoms with van der Waals surface area (Å²) in [5.74, 6) is -0.647. The maximum atomic E-state index is 12.3. The maximum absolute atomic E-state index is 12.3. The van der Waals surface area contributed by atoms with Gasteiger partial charge in [-0.25, -0.2) is 8.42 Å². The van der Waals surface area contributed by atoms with E-state index >= 15 is 0 Å². The van der Waals surface area contributed by atoms with Crippen LogP contribution >= 0.6 is 11.3 Å². The van der Waals surface area contributed by atoms with Crippen LogP contribution in [-0.2, 0) is 21.7 Å². The Balaban J connectivity index is 1.94. The first-order chi connectivity index (χ1) is 11.9. The average Bonchev–Trinajstić information content (AvgIpc) is 2.90. The highest BCUT2D eigenvalue weighted by Crippen LogP contribution is 2.22. The van der Waals surface area contributed by atoms with Gasteiger partial charge in [0, 0.05) is 7.05 Å². The zero-order chi connectivity index (χ0) is 18.0. The predicted molar refractivity (Wildman–Crippen MR) is 96.4 cm³/mol. The fourth-order valence-electron chi connectivity index (χ4n) is 2.36. The quantitative estimate of drug-likeness (QED) is 0.699. The van der Waals surface area contributed by atoms with Crippen LogP contribution in [0.4, 0.5) is 0 Å². The molecule has 0 aliphatic carbocycles. The maximum Gasteiger partial charge on any atom is 0.263 e. The van der Waals surface area contributed by atoms with E-state index in [4.69, 9.17) is 4.74 Å². The van der Waals surface area contributed by atoms with Gasteiger partial charge in [-0.3, -0.25) is 4.79 Å². The number of aryl methyl sites for hydroxylation is 1. The van der Waals surface area contributed by atoms with Gasteiger partial charge in [0.05, 0.1) is 22.2 Å². The number of fused-ring (bicyclic) bond motifs is 1. The van der Waals surface area contributed by atoms with Crippen LogP contribution in [0.3, 0.4) is 0 Å². The molecule has 0 N–H and O–H groups in total. The highest BCUT2D eigenvalue weighted by atomic mass is 32.2. The summed E-state index contributed by atoms with van der Waals surface area (Å²) >= 11 is 1.30. The van der Waals surface area contributed by atoms with Gasteiger partial charge in [0.2, 0.25) is 0 Å². The molecule has 0 aliphatic heterocycles. The van der Waals surface area contributed by atoms with Crippen LogP contribution < -0.4 is 9.54 Å². The van der Waals surface area contributed by atoms with E-state index in [9.17, 15) is 13.2 Å². The Morgan fingerprint density at radius 3 is 2.60 bits per heavy atom. The SMILES string of the molecule is COc1ccc2c(c1)sc(=NC(=O)CS(=O)(=O)c1ccccc1)n2C. The van der Waals surface area contributed by atoms with E-state index in [2.05, 4.69) is 4.99 Å². The minimum atomic E-state index is -3.70. The second kappa shape index (κ2) is 6.81. The number of amides is 1. The molecule has 3 aromatic rings. The molecule has 0 unspecified atom stereocenters. The second-order valence-electron chi connectivity index (χ2n) is 5.35. The Bertz CT molecular complexity index is 1100. The number of rotatable bonds is 4. The first-order valence-electron chi connectivity index (χ1n) is 7.39. The predicted octanol–water partition coefficient (Wildman–Crippen LogP) is 2.15. The summed E-state index contributed by atoms with van der Waals surface area (Å²) in [5.41, 5.74) is 0.892. The van der Waals surface area contributed by atoms with Crippen LogP contribution in [0, 0.1) is 0 Å². The molecule has 25 heavy (non-hydrogen) atoms. The molecule has 0 spiro atoms. The summed E-state index contributed by atoms with van der Waals surface area (Å²) in [4.78, 5) is 16.7. The summed E-state index contributed by atoms with van der Waals surface area (Å²) in [6.07, 6.45) is 0. The van der Waals surface area contributed by atoms with Gasteiger partial charge in [-0.2, -0.15) is 4.99 Å². The standard InChI is InChI=1S/C17H16N2O4S2/c1-19-14-9-8-12(23-2)10-15(14)24-17(19)18-16(20)11-25(21,22)13-6-4-3-5-7-13/h3-10H,11H2,1-2H3. The van der Waals surface area contributed by atoms with Crippen LogP contribution in [0.1, 0.15) is 0 Å². The van der Waals surface area contributed by atoms with Gasteiger partial charge in [0.1, 0.15) is 11.5 Å². The normalized spacial score (nSPS) is 12.5. The molecule has 8 heteroatoms. The van der Waals surface area contributed by atoms with E-state index in [0.29, 0.717) is 10.6 Å². The highest BCUT2D eigenvalue weighted by Gasteiger charge is 2.19. The Kier molecular flexibility index (Phi) is 4.73. The molecule has 2 aromatic carbocycles. The molecule has 130 valence electrons. The number of ether oxygens (including phenoxy) is 1. The van der Waals surface area contributed by atoms with E-state index in [1.165, 1.54) is 23.5 Å². The molecule has 3 rings (SSSR count). The van der Waals surface area contributed by atoms with Gasteiger partial charge >= 0.3 is 0 Å². The lowest BCUT2D eigenvalue weighted by atomic mass is 10.3. The Morgan fingerprint density at radius 2 is 1.92 bits per heavy atom. The number of carbonyl (C=O) groups is 1. The first kappa shape index (κ1) is 17.4. The molecule has 0 atom stereocenters. The van der Waals surface area contributed by atoms with E-state index in [1.807, 2.05) is 18.2 Å². The van der Waals surface area contributed by atoms with Crippen molar-refractivity contribution in [3.05, 3.63) is 53.3 Å². The number of nitrogens with zero attached hydrogens (tertiary/aromatic N) is 2. The summed E-state index contributed by atoms with van der Waals surface area (Å²) < 4.78 is 32.4. The monoisotopic (exact) mass is 376 g/mol. The smallest absolute Gasteiger partial charge is 0.263 e. The minimum Gasteiger partial charge on any atom is -0.497 e. The van der Waals surface area contributed by atoms with Gasteiger partial charge in [0.25, 0.3) is 5.91 Å². The Labute approximate surface area is 148 Å². The number of sulfone groups is 1. The molecular formula is C17H16N2O4S2. The van der Waals surface area contributed by atoms with Crippen LogP contribution in [-0.4, -0.2) is 31.8 Å². The van der Waals surface area contributed by atoms with E-state index in [1.54, 1.807) is 36.9 Å². The van der Waals surface area contributed by atoms with Crippen molar-refractivity contribution in [2.24, 2.45) is 12.0 Å². The number of hydrogen-bond acceptors (Lipinski definition) is 5. The van der Waals surface area contributed by atoms with Crippen LogP contribution in [0.2, 0.25) is 0 Å². The lowest BCUT2D eigenvalue weighted by Crippen LogP contribution is -2.19. The van der Waals surface area contributed by atoms with Crippen molar-refractivity contribution >= 4 is 37.3 Å². The van der Waals surface area contributed by atoms with Crippen molar-refractivity contribution in [3.8, 4) is 5.75 Å². The summed E-state index contributed by atoms with van der Waals surface area (Å²) in [5, 5.41) is 0. The van der Waals surface area contributed by atoms with Gasteiger partial charge in [-0.05, 0) is 30.3 Å². The molecule has 0 saturated heterocycles. The number of aromatic nitrogens is 1. The van der Waals surface area contributed by atoms with Crippen LogP contribution in [0.5, 0.6) is 5.75 Å². The van der Waals surface area contributed by atoms with Gasteiger partial charge in [-0.1, -0.05) is 29.5 Å². The number of carbonyl (C=O) groups excluding carboxylic acids is 1. The topological polar surface area (TPSA) is 77.7 Å². The highest BCUT2D eigenvalue weighted by molar-refractivity contribution is 7.92. The number of methoxy groups -OCH3 is 1. The van der Waals surface area contributed by atoms with Crippen molar-refractivity contribution in [3.63, 3.8) is 0 Å². The lowest BCUT2D eigenvalue weighted by Gasteiger charge is -2.01. The molecule has 1 amide bonds. The van der Waals surface area contributed by atoms with Gasteiger partial charge < -0.3 is 9.30 Å². The molecule has 0 bridgehead atoms. The molecule has 0 saturated carbocycles. The fourth-order valence-corrected chi connectivity index (χ4v) is 4.55. The molecule has 1 heterocycles. The molecule has 0 aliphatic rings. The number of hydrogen-bond donors (Lipinski definition) is 0. The zero-order valence-electron chi connectivity index (χ0n) is 13.7. The van der Waals surface area contributed by atoms with E-state index in [-0.39, 0.29) is 4.90 Å². The third kappa shape index (κ3) is 3.64. The van der Waals surface area contributed by atoms with Gasteiger partial charge in [0.15, 0.2) is 14.6 Å². The Morgan fingerprint density at radius 1 is 1.20 bits per heavy atom. The largest absolute Gasteiger partial charge is 0.497 e. The summed E-state index contributed by atoms with van der Waals surface area (Å²) in [6, 6.07) is 13.4. The van der Waals surface area contributed by atoms with Crippen molar-refractivity contribution in [2.75, 3.05) is 12.9 Å². The molecule has 0 radical (unpaired) electrons. The summed E-state index contributed by atoms with van der Waals surface area (Å²) in [7, 11) is -0.339. The van der Waals surface area contributed by atoms with Crippen molar-refractivity contribution < 1.29 is 17.9 Å². The fraction of sp³-hybridized carbons (Fsp3) is 0.176. The molecule has 0 fully saturated rings. The zero-order valence-corrected chi connectivity index (χ0v) is 15.3. The van der Waals surface area contributed by atoms with Crippen LogP contribution in [0.25, 0.3) is 10.2 Å². The van der Waals surface area contributed by atoms with E-state index < -0.39 is 21.5 Å². The van der Waals surface area contributed by atoms with E-state index in [0.717, 1.165) is 10.2 Å². The second-order valence-corrected chi connectivity index (χ2v) is 8.35. The third-order valence-electron chi connectivity index (χ3n) is 3.65. The number of benzene rings is 2.